The van der Waals surface area contributed by atoms with Crippen LogP contribution in [0.2, 0.25) is 0 Å². The molecular weight excluding hydrogens is 462 g/mol. The Balaban J connectivity index is 1.37. The van der Waals surface area contributed by atoms with Gasteiger partial charge in [-0.1, -0.05) is 91.0 Å². The molecule has 3 heteroatoms. The van der Waals surface area contributed by atoms with Crippen molar-refractivity contribution in [3.63, 3.8) is 0 Å². The molecule has 0 N–H and O–H groups in total. The molecule has 1 heterocycles. The van der Waals surface area contributed by atoms with Gasteiger partial charge in [-0.2, -0.15) is 0 Å². The van der Waals surface area contributed by atoms with E-state index >= 15 is 0 Å². The Morgan fingerprint density at radius 2 is 1.18 bits per heavy atom. The lowest BCUT2D eigenvalue weighted by molar-refractivity contribution is 1.23. The molecule has 0 unspecified atom stereocenters. The predicted octanol–water partition coefficient (Wildman–Crippen LogP) is 9.49. The van der Waals surface area contributed by atoms with Gasteiger partial charge in [0.25, 0.3) is 0 Å². The van der Waals surface area contributed by atoms with E-state index in [0.717, 1.165) is 55.3 Å². The van der Waals surface area contributed by atoms with Gasteiger partial charge >= 0.3 is 0 Å². The summed E-state index contributed by atoms with van der Waals surface area (Å²) < 4.78 is 0. The Morgan fingerprint density at radius 1 is 0.526 bits per heavy atom. The Labute approximate surface area is 220 Å². The molecule has 6 aromatic carbocycles. The van der Waals surface area contributed by atoms with E-state index < -0.39 is 0 Å². The van der Waals surface area contributed by atoms with Gasteiger partial charge in [0.05, 0.1) is 12.1 Å². The van der Waals surface area contributed by atoms with Crippen molar-refractivity contribution in [1.82, 2.24) is 9.97 Å². The maximum Gasteiger partial charge on any atom is 0.187 e. The number of rotatable bonds is 3. The fourth-order valence-corrected chi connectivity index (χ4v) is 5.10. The highest BCUT2D eigenvalue weighted by Gasteiger charge is 2.12. The number of fused-ring (bicyclic) bond motifs is 3. The molecule has 7 rings (SSSR count). The number of hydrogen-bond acceptors (Lipinski definition) is 2. The Bertz CT molecular complexity index is 2030. The molecule has 3 nitrogen and oxygen atoms in total. The van der Waals surface area contributed by atoms with Gasteiger partial charge in [-0.25, -0.2) is 14.8 Å². The van der Waals surface area contributed by atoms with E-state index in [4.69, 9.17) is 16.5 Å². The SMILES string of the molecule is [C-]#[N+]c1ccc(-c2ccc3ccc(-c4cc(-c5ncc6ccccc6n5)c5ccccc5c4)cc3c2)cc1. The van der Waals surface area contributed by atoms with E-state index in [1.54, 1.807) is 0 Å². The molecule has 0 atom stereocenters. The van der Waals surface area contributed by atoms with E-state index in [2.05, 4.69) is 77.6 Å². The highest BCUT2D eigenvalue weighted by molar-refractivity contribution is 6.00. The zero-order valence-electron chi connectivity index (χ0n) is 20.5. The second-order valence-corrected chi connectivity index (χ2v) is 9.43. The lowest BCUT2D eigenvalue weighted by Crippen LogP contribution is -1.92. The van der Waals surface area contributed by atoms with E-state index in [9.17, 15) is 0 Å². The zero-order chi connectivity index (χ0) is 25.5. The van der Waals surface area contributed by atoms with Crippen molar-refractivity contribution in [2.24, 2.45) is 0 Å². The summed E-state index contributed by atoms with van der Waals surface area (Å²) in [5.74, 6) is 0.729. The molecule has 1 aromatic heterocycles. The summed E-state index contributed by atoms with van der Waals surface area (Å²) in [6.07, 6.45) is 1.90. The molecule has 0 spiro atoms. The number of benzene rings is 6. The minimum absolute atomic E-state index is 0.652. The molecule has 0 amide bonds. The first-order valence-corrected chi connectivity index (χ1v) is 12.5. The number of para-hydroxylation sites is 1. The third-order valence-corrected chi connectivity index (χ3v) is 7.10. The first-order valence-electron chi connectivity index (χ1n) is 12.5. The van der Waals surface area contributed by atoms with Crippen molar-refractivity contribution in [2.45, 2.75) is 0 Å². The zero-order valence-corrected chi connectivity index (χ0v) is 20.5. The first-order chi connectivity index (χ1) is 18.7. The Morgan fingerprint density at radius 3 is 1.97 bits per heavy atom. The molecule has 0 aliphatic rings. The van der Waals surface area contributed by atoms with Crippen LogP contribution in [0.1, 0.15) is 0 Å². The lowest BCUT2D eigenvalue weighted by Gasteiger charge is -2.12. The number of hydrogen-bond donors (Lipinski definition) is 0. The third kappa shape index (κ3) is 3.86. The van der Waals surface area contributed by atoms with E-state index in [1.807, 2.05) is 54.7 Å². The molecule has 0 bridgehead atoms. The van der Waals surface area contributed by atoms with Crippen LogP contribution < -0.4 is 0 Å². The smallest absolute Gasteiger partial charge is 0.187 e. The summed E-state index contributed by atoms with van der Waals surface area (Å²) in [6, 6.07) is 41.9. The van der Waals surface area contributed by atoms with E-state index in [-0.39, 0.29) is 0 Å². The van der Waals surface area contributed by atoms with Gasteiger partial charge in [-0.05, 0) is 74.1 Å². The largest absolute Gasteiger partial charge is 0.238 e. The van der Waals surface area contributed by atoms with Crippen molar-refractivity contribution in [1.29, 1.82) is 0 Å². The average molecular weight is 484 g/mol. The molecule has 0 saturated heterocycles. The second kappa shape index (κ2) is 8.96. The summed E-state index contributed by atoms with van der Waals surface area (Å²) in [4.78, 5) is 13.2. The highest BCUT2D eigenvalue weighted by Crippen LogP contribution is 2.35. The van der Waals surface area contributed by atoms with Crippen molar-refractivity contribution in [3.05, 3.63) is 139 Å². The van der Waals surface area contributed by atoms with Crippen molar-refractivity contribution in [3.8, 4) is 33.6 Å². The van der Waals surface area contributed by atoms with Gasteiger partial charge in [0.15, 0.2) is 11.5 Å². The number of nitrogens with zero attached hydrogens (tertiary/aromatic N) is 3. The van der Waals surface area contributed by atoms with E-state index in [1.165, 1.54) is 10.8 Å². The average Bonchev–Trinajstić information content (AvgIpc) is 2.99. The van der Waals surface area contributed by atoms with E-state index in [0.29, 0.717) is 5.69 Å². The Kier molecular flexibility index (Phi) is 5.17. The normalized spacial score (nSPS) is 11.1. The molecule has 7 aromatic rings. The summed E-state index contributed by atoms with van der Waals surface area (Å²) >= 11 is 0. The van der Waals surface area contributed by atoms with Crippen LogP contribution in [-0.4, -0.2) is 9.97 Å². The molecule has 0 fully saturated rings. The first kappa shape index (κ1) is 21.9. The van der Waals surface area contributed by atoms with Crippen LogP contribution in [0, 0.1) is 6.57 Å². The molecule has 176 valence electrons. The topological polar surface area (TPSA) is 30.1 Å². The van der Waals surface area contributed by atoms with Crippen LogP contribution in [0.3, 0.4) is 0 Å². The standard InChI is InChI=1S/C35H21N3/c1-36-31-16-14-23(15-17-31)25-12-10-24-11-13-26(19-29(24)18-25)30-20-27-6-2-4-8-32(27)33(21-30)35-37-22-28-7-3-5-9-34(28)38-35/h2-22H. The van der Waals surface area contributed by atoms with Crippen LogP contribution in [0.5, 0.6) is 0 Å². The number of aromatic nitrogens is 2. The minimum atomic E-state index is 0.652. The third-order valence-electron chi connectivity index (χ3n) is 7.10. The fraction of sp³-hybridized carbons (Fsp3) is 0. The quantitative estimate of drug-likeness (QED) is 0.234. The highest BCUT2D eigenvalue weighted by atomic mass is 14.9. The van der Waals surface area contributed by atoms with Gasteiger partial charge in [0.2, 0.25) is 0 Å². The Hall–Kier alpha value is -5.33. The van der Waals surface area contributed by atoms with Gasteiger partial charge in [-0.3, -0.25) is 0 Å². The van der Waals surface area contributed by atoms with Gasteiger partial charge in [0, 0.05) is 17.1 Å². The van der Waals surface area contributed by atoms with Gasteiger partial charge in [-0.15, -0.1) is 0 Å². The summed E-state index contributed by atoms with van der Waals surface area (Å²) in [7, 11) is 0. The molecule has 0 aliphatic carbocycles. The molecular formula is C35H21N3. The van der Waals surface area contributed by atoms with Crippen molar-refractivity contribution < 1.29 is 0 Å². The molecule has 38 heavy (non-hydrogen) atoms. The predicted molar refractivity (Wildman–Crippen MR) is 157 cm³/mol. The van der Waals surface area contributed by atoms with Crippen LogP contribution >= 0.6 is 0 Å². The van der Waals surface area contributed by atoms with Crippen molar-refractivity contribution in [2.75, 3.05) is 0 Å². The maximum absolute atomic E-state index is 7.21. The molecule has 0 aliphatic heterocycles. The van der Waals surface area contributed by atoms with Gasteiger partial charge < -0.3 is 0 Å². The minimum Gasteiger partial charge on any atom is -0.238 e. The summed E-state index contributed by atoms with van der Waals surface area (Å²) in [5, 5.41) is 5.69. The molecule has 0 radical (unpaired) electrons. The molecule has 0 saturated carbocycles. The maximum atomic E-state index is 7.21. The second-order valence-electron chi connectivity index (χ2n) is 9.43. The van der Waals surface area contributed by atoms with Crippen LogP contribution in [0.25, 0.3) is 70.9 Å². The van der Waals surface area contributed by atoms with Crippen LogP contribution in [0.4, 0.5) is 5.69 Å². The summed E-state index contributed by atoms with van der Waals surface area (Å²) in [6.45, 7) is 7.21. The van der Waals surface area contributed by atoms with Gasteiger partial charge in [0.1, 0.15) is 0 Å². The lowest BCUT2D eigenvalue weighted by atomic mass is 9.94. The van der Waals surface area contributed by atoms with Crippen LogP contribution in [0.15, 0.2) is 128 Å². The monoisotopic (exact) mass is 483 g/mol. The summed E-state index contributed by atoms with van der Waals surface area (Å²) in [5.41, 5.74) is 7.13. The van der Waals surface area contributed by atoms with Crippen LogP contribution in [-0.2, 0) is 0 Å². The fourth-order valence-electron chi connectivity index (χ4n) is 5.10. The van der Waals surface area contributed by atoms with Crippen molar-refractivity contribution >= 4 is 38.1 Å².